The zero-order chi connectivity index (χ0) is 59.1. The van der Waals surface area contributed by atoms with Gasteiger partial charge in [0.15, 0.2) is 25.0 Å². The molecule has 3 saturated heterocycles. The number of allylic oxidation sites excluding steroid dienone is 3. The predicted molar refractivity (Wildman–Crippen MR) is 277 cm³/mol. The molecule has 0 amide bonds. The van der Waals surface area contributed by atoms with Gasteiger partial charge in [0.2, 0.25) is 0 Å². The quantitative estimate of drug-likeness (QED) is 0.0429. The maximum absolute atomic E-state index is 13.9. The SMILES string of the molecule is CC=C(C)C(=O)OC1C(OC(=O)C(C)CC)C2(CO)C(O)CC3(C)C(=CCC4C5(C)CCC(OC6OC(C(=O)O)C(O)C(OC7OC(CO)C(O)C7O)C6OC6OC(CO)C(O)C(O)C6O)C(C)(CO)C5CCC43C)C2CC1(C)C. The van der Waals surface area contributed by atoms with Crippen LogP contribution in [0.2, 0.25) is 0 Å². The Morgan fingerprint density at radius 2 is 1.31 bits per heavy atom. The van der Waals surface area contributed by atoms with Crippen molar-refractivity contribution < 1.29 is 114 Å². The molecule has 456 valence electrons. The van der Waals surface area contributed by atoms with Crippen molar-refractivity contribution in [2.24, 2.45) is 56.2 Å². The highest BCUT2D eigenvalue weighted by molar-refractivity contribution is 5.87. The molecule has 12 N–H and O–H groups in total. The monoisotopic (exact) mass is 1140 g/mol. The average molecular weight is 1140 g/mol. The van der Waals surface area contributed by atoms with E-state index in [9.17, 15) is 75.7 Å². The summed E-state index contributed by atoms with van der Waals surface area (Å²) >= 11 is 0. The van der Waals surface area contributed by atoms with E-state index in [1.165, 1.54) is 0 Å². The summed E-state index contributed by atoms with van der Waals surface area (Å²) in [5.41, 5.74) is -3.75. The van der Waals surface area contributed by atoms with Crippen LogP contribution >= 0.6 is 0 Å². The number of carbonyl (C=O) groups is 3. The van der Waals surface area contributed by atoms with Crippen molar-refractivity contribution in [3.63, 3.8) is 0 Å². The van der Waals surface area contributed by atoms with Crippen LogP contribution in [0.4, 0.5) is 0 Å². The number of carboxylic acids is 1. The number of carboxylic acid groups (broad SMARTS) is 1. The van der Waals surface area contributed by atoms with Gasteiger partial charge in [-0.25, -0.2) is 9.59 Å². The van der Waals surface area contributed by atoms with E-state index < -0.39 is 199 Å². The highest BCUT2D eigenvalue weighted by Crippen LogP contribution is 2.76. The molecule has 23 heteroatoms. The van der Waals surface area contributed by atoms with Crippen LogP contribution in [0.5, 0.6) is 0 Å². The highest BCUT2D eigenvalue weighted by atomic mass is 16.8. The van der Waals surface area contributed by atoms with Gasteiger partial charge in [-0.3, -0.25) is 4.79 Å². The first-order valence-electron chi connectivity index (χ1n) is 28.6. The van der Waals surface area contributed by atoms with Gasteiger partial charge in [-0.05, 0) is 99.2 Å². The van der Waals surface area contributed by atoms with E-state index in [0.29, 0.717) is 44.1 Å². The molecular formula is C57H90O23. The van der Waals surface area contributed by atoms with E-state index in [-0.39, 0.29) is 24.7 Å². The Balaban J connectivity index is 1.14. The number of carbonyl (C=O) groups excluding carboxylic acids is 2. The van der Waals surface area contributed by atoms with Crippen molar-refractivity contribution in [1.29, 1.82) is 0 Å². The van der Waals surface area contributed by atoms with Crippen LogP contribution in [0.15, 0.2) is 23.3 Å². The molecule has 0 radical (unpaired) electrons. The van der Waals surface area contributed by atoms with E-state index in [0.717, 1.165) is 5.57 Å². The summed E-state index contributed by atoms with van der Waals surface area (Å²) in [6.07, 6.45) is -22.9. The van der Waals surface area contributed by atoms with Crippen molar-refractivity contribution >= 4 is 17.9 Å². The fourth-order valence-electron chi connectivity index (χ4n) is 16.3. The first kappa shape index (κ1) is 63.2. The number of aliphatic hydroxyl groups is 11. The summed E-state index contributed by atoms with van der Waals surface area (Å²) in [7, 11) is 0. The van der Waals surface area contributed by atoms with E-state index in [1.54, 1.807) is 26.8 Å². The topological polar surface area (TPSA) is 368 Å². The number of aliphatic carboxylic acids is 1. The number of rotatable bonds is 16. The van der Waals surface area contributed by atoms with Crippen LogP contribution in [0.25, 0.3) is 0 Å². The van der Waals surface area contributed by atoms with Crippen molar-refractivity contribution in [3.8, 4) is 0 Å². The summed E-state index contributed by atoms with van der Waals surface area (Å²) in [5, 5.41) is 133. The Kier molecular flexibility index (Phi) is 18.4. The Labute approximate surface area is 467 Å². The van der Waals surface area contributed by atoms with Gasteiger partial charge in [0.05, 0.1) is 50.0 Å². The Bertz CT molecular complexity index is 2310. The van der Waals surface area contributed by atoms with Gasteiger partial charge in [-0.2, -0.15) is 0 Å². The molecule has 27 atom stereocenters. The minimum absolute atomic E-state index is 0.0789. The Morgan fingerprint density at radius 3 is 1.88 bits per heavy atom. The minimum Gasteiger partial charge on any atom is -0.479 e. The third-order valence-electron chi connectivity index (χ3n) is 21.7. The van der Waals surface area contributed by atoms with Crippen LogP contribution in [0, 0.1) is 56.2 Å². The molecule has 8 rings (SSSR count). The average Bonchev–Trinajstić information content (AvgIpc) is 3.83. The van der Waals surface area contributed by atoms with Crippen LogP contribution in [-0.2, 0) is 52.3 Å². The number of hydrogen-bond donors (Lipinski definition) is 12. The molecule has 7 fully saturated rings. The molecule has 80 heavy (non-hydrogen) atoms. The fourth-order valence-corrected chi connectivity index (χ4v) is 16.3. The van der Waals surface area contributed by atoms with Crippen molar-refractivity contribution in [3.05, 3.63) is 23.3 Å². The van der Waals surface area contributed by atoms with Gasteiger partial charge in [0.25, 0.3) is 0 Å². The summed E-state index contributed by atoms with van der Waals surface area (Å²) in [6.45, 7) is 16.8. The summed E-state index contributed by atoms with van der Waals surface area (Å²) in [6, 6.07) is 0. The molecular weight excluding hydrogens is 1050 g/mol. The Hall–Kier alpha value is -2.79. The van der Waals surface area contributed by atoms with Gasteiger partial charge in [0, 0.05) is 16.4 Å². The lowest BCUT2D eigenvalue weighted by atomic mass is 9.33. The summed E-state index contributed by atoms with van der Waals surface area (Å²) in [4.78, 5) is 40.4. The lowest BCUT2D eigenvalue weighted by Gasteiger charge is -2.72. The van der Waals surface area contributed by atoms with Crippen molar-refractivity contribution in [2.75, 3.05) is 26.4 Å². The Morgan fingerprint density at radius 1 is 0.713 bits per heavy atom. The maximum atomic E-state index is 13.9. The first-order valence-corrected chi connectivity index (χ1v) is 28.6. The van der Waals surface area contributed by atoms with Crippen LogP contribution in [-0.4, -0.2) is 216 Å². The number of ether oxygens (including phenoxy) is 8. The first-order chi connectivity index (χ1) is 37.5. The van der Waals surface area contributed by atoms with Gasteiger partial charge in [-0.15, -0.1) is 0 Å². The molecule has 0 spiro atoms. The maximum Gasteiger partial charge on any atom is 0.335 e. The van der Waals surface area contributed by atoms with Crippen molar-refractivity contribution in [1.82, 2.24) is 0 Å². The van der Waals surface area contributed by atoms with Gasteiger partial charge >= 0.3 is 17.9 Å². The molecule has 3 aliphatic heterocycles. The molecule has 5 aliphatic carbocycles. The smallest absolute Gasteiger partial charge is 0.335 e. The lowest BCUT2D eigenvalue weighted by Crippen LogP contribution is -2.72. The number of hydrogen-bond acceptors (Lipinski definition) is 22. The molecule has 0 aromatic heterocycles. The van der Waals surface area contributed by atoms with E-state index in [4.69, 9.17) is 37.9 Å². The molecule has 4 saturated carbocycles. The molecule has 8 aliphatic rings. The molecule has 27 unspecified atom stereocenters. The second kappa shape index (κ2) is 23.2. The molecule has 0 bridgehead atoms. The second-order valence-electron chi connectivity index (χ2n) is 26.2. The third kappa shape index (κ3) is 10.0. The van der Waals surface area contributed by atoms with E-state index in [1.807, 2.05) is 27.7 Å². The minimum atomic E-state index is -2.15. The van der Waals surface area contributed by atoms with Gasteiger partial charge < -0.3 is 99.2 Å². The molecule has 3 heterocycles. The zero-order valence-electron chi connectivity index (χ0n) is 47.7. The largest absolute Gasteiger partial charge is 0.479 e. The highest BCUT2D eigenvalue weighted by Gasteiger charge is 2.74. The van der Waals surface area contributed by atoms with Crippen molar-refractivity contribution in [2.45, 2.75) is 231 Å². The lowest BCUT2D eigenvalue weighted by molar-refractivity contribution is -0.387. The predicted octanol–water partition coefficient (Wildman–Crippen LogP) is 0.344. The third-order valence-corrected chi connectivity index (χ3v) is 21.7. The van der Waals surface area contributed by atoms with E-state index in [2.05, 4.69) is 26.8 Å². The number of esters is 2. The zero-order valence-corrected chi connectivity index (χ0v) is 47.7. The van der Waals surface area contributed by atoms with Gasteiger partial charge in [0.1, 0.15) is 73.2 Å². The van der Waals surface area contributed by atoms with Gasteiger partial charge in [-0.1, -0.05) is 73.1 Å². The van der Waals surface area contributed by atoms with Crippen LogP contribution in [0.1, 0.15) is 121 Å². The molecule has 23 nitrogen and oxygen atoms in total. The molecule has 0 aromatic carbocycles. The second-order valence-corrected chi connectivity index (χ2v) is 26.2. The number of fused-ring (bicyclic) bond motifs is 7. The van der Waals surface area contributed by atoms with Crippen LogP contribution < -0.4 is 0 Å². The van der Waals surface area contributed by atoms with Crippen LogP contribution in [0.3, 0.4) is 0 Å². The standard InChI is InChI=1S/C57H90O23/c1-11-25(3)47(71)79-44-45(80-48(72)26(4)12-2)57(24-61)28(19-52(44,5)6)27-13-14-32-53(7)17-16-34(54(8,23-60)31(53)15-18-55(32,9)56(27,10)20-33(57)62)75-51-43(78-50-39(67)37(65)35(63)29(21-58)73-50)41(40(68)42(77-51)46(69)70)76-49-38(66)36(64)30(22-59)74-49/h11,13,26,28-45,49-51,58-68H,12,14-24H2,1-10H3,(H,69,70). The summed E-state index contributed by atoms with van der Waals surface area (Å²) in [5.74, 6) is -4.20. The molecule has 0 aromatic rings. The summed E-state index contributed by atoms with van der Waals surface area (Å²) < 4.78 is 49.1. The number of aliphatic hydroxyl groups excluding tert-OH is 11. The normalized spacial score (nSPS) is 49.5. The fraction of sp³-hybridized carbons (Fsp3) is 0.877. The van der Waals surface area contributed by atoms with E-state index >= 15 is 0 Å².